The first kappa shape index (κ1) is 15.8. The maximum Gasteiger partial charge on any atom is 0.390 e. The predicted octanol–water partition coefficient (Wildman–Crippen LogP) is 4.63. The molecule has 0 spiro atoms. The lowest BCUT2D eigenvalue weighted by Gasteiger charge is -2.18. The molecule has 0 aromatic heterocycles. The molecule has 1 amide bonds. The van der Waals surface area contributed by atoms with Gasteiger partial charge in [-0.05, 0) is 35.0 Å². The lowest BCUT2D eigenvalue weighted by atomic mass is 10.1. The Hall–Kier alpha value is -1.56. The van der Waals surface area contributed by atoms with Gasteiger partial charge in [-0.15, -0.1) is 0 Å². The highest BCUT2D eigenvalue weighted by atomic mass is 79.9. The predicted molar refractivity (Wildman–Crippen MR) is 79.3 cm³/mol. The van der Waals surface area contributed by atoms with Crippen LogP contribution in [0.3, 0.4) is 0 Å². The number of amides is 1. The summed E-state index contributed by atoms with van der Waals surface area (Å²) in [5.41, 5.74) is 0.384. The molecule has 2 aromatic carbocycles. The van der Waals surface area contributed by atoms with E-state index in [1.54, 1.807) is 18.2 Å². The van der Waals surface area contributed by atoms with Gasteiger partial charge in [0, 0.05) is 23.6 Å². The molecular formula is C15H13BrF3NO. The molecule has 0 N–H and O–H groups in total. The van der Waals surface area contributed by atoms with Crippen molar-refractivity contribution in [2.45, 2.75) is 12.6 Å². The molecule has 0 aliphatic carbocycles. The van der Waals surface area contributed by atoms with Crippen LogP contribution in [0.15, 0.2) is 40.9 Å². The molecule has 112 valence electrons. The molecule has 0 atom stereocenters. The van der Waals surface area contributed by atoms with E-state index in [1.807, 2.05) is 18.2 Å². The normalized spacial score (nSPS) is 11.7. The molecule has 0 radical (unpaired) electrons. The fraction of sp³-hybridized carbons (Fsp3) is 0.267. The monoisotopic (exact) mass is 359 g/mol. The Kier molecular flexibility index (Phi) is 4.56. The fourth-order valence-electron chi connectivity index (χ4n) is 1.97. The van der Waals surface area contributed by atoms with E-state index in [1.165, 1.54) is 7.05 Å². The van der Waals surface area contributed by atoms with Crippen molar-refractivity contribution in [2.24, 2.45) is 0 Å². The van der Waals surface area contributed by atoms with E-state index in [-0.39, 0.29) is 6.54 Å². The summed E-state index contributed by atoms with van der Waals surface area (Å²) in [5.74, 6) is -0.413. The number of carbonyl (C=O) groups is 1. The Morgan fingerprint density at radius 1 is 1.14 bits per heavy atom. The zero-order valence-corrected chi connectivity index (χ0v) is 12.8. The topological polar surface area (TPSA) is 20.3 Å². The third kappa shape index (κ3) is 4.20. The van der Waals surface area contributed by atoms with Crippen molar-refractivity contribution in [2.75, 3.05) is 13.6 Å². The zero-order chi connectivity index (χ0) is 15.6. The van der Waals surface area contributed by atoms with E-state index in [0.717, 1.165) is 20.1 Å². The maximum atomic E-state index is 12.2. The molecule has 0 unspecified atom stereocenters. The van der Waals surface area contributed by atoms with Gasteiger partial charge in [0.2, 0.25) is 0 Å². The van der Waals surface area contributed by atoms with Gasteiger partial charge in [0.15, 0.2) is 0 Å². The van der Waals surface area contributed by atoms with Gasteiger partial charge in [-0.3, -0.25) is 4.79 Å². The fourth-order valence-corrected chi connectivity index (χ4v) is 2.34. The second-order valence-corrected chi connectivity index (χ2v) is 5.71. The van der Waals surface area contributed by atoms with E-state index in [4.69, 9.17) is 0 Å². The Labute approximate surface area is 128 Å². The van der Waals surface area contributed by atoms with Crippen molar-refractivity contribution in [1.29, 1.82) is 0 Å². The lowest BCUT2D eigenvalue weighted by molar-refractivity contribution is -0.136. The van der Waals surface area contributed by atoms with Crippen LogP contribution in [0.25, 0.3) is 10.8 Å². The Morgan fingerprint density at radius 2 is 1.76 bits per heavy atom. The van der Waals surface area contributed by atoms with Gasteiger partial charge < -0.3 is 4.90 Å². The molecule has 2 nitrogen and oxygen atoms in total. The van der Waals surface area contributed by atoms with Crippen LogP contribution in [0.2, 0.25) is 0 Å². The number of fused-ring (bicyclic) bond motifs is 1. The van der Waals surface area contributed by atoms with Gasteiger partial charge in [-0.1, -0.05) is 28.1 Å². The van der Waals surface area contributed by atoms with Gasteiger partial charge in [0.1, 0.15) is 0 Å². The van der Waals surface area contributed by atoms with Crippen LogP contribution >= 0.6 is 15.9 Å². The summed E-state index contributed by atoms with van der Waals surface area (Å²) >= 11 is 3.36. The minimum Gasteiger partial charge on any atom is -0.341 e. The standard InChI is InChI=1S/C15H13BrF3NO/c1-20(7-6-15(17,18)19)14(21)12-3-2-11-9-13(16)5-4-10(11)8-12/h2-5,8-9H,6-7H2,1H3. The van der Waals surface area contributed by atoms with Crippen molar-refractivity contribution in [3.8, 4) is 0 Å². The second kappa shape index (κ2) is 6.05. The first-order valence-electron chi connectivity index (χ1n) is 6.28. The zero-order valence-electron chi connectivity index (χ0n) is 11.2. The summed E-state index contributed by atoms with van der Waals surface area (Å²) in [5, 5.41) is 1.83. The van der Waals surface area contributed by atoms with Crippen molar-refractivity contribution in [3.63, 3.8) is 0 Å². The molecule has 0 saturated heterocycles. The van der Waals surface area contributed by atoms with Gasteiger partial charge in [0.05, 0.1) is 6.42 Å². The number of carbonyl (C=O) groups excluding carboxylic acids is 1. The smallest absolute Gasteiger partial charge is 0.341 e. The molecule has 6 heteroatoms. The summed E-state index contributed by atoms with van der Waals surface area (Å²) < 4.78 is 37.5. The second-order valence-electron chi connectivity index (χ2n) is 4.80. The molecular weight excluding hydrogens is 347 g/mol. The number of hydrogen-bond acceptors (Lipinski definition) is 1. The summed E-state index contributed by atoms with van der Waals surface area (Å²) in [7, 11) is 1.37. The van der Waals surface area contributed by atoms with Crippen LogP contribution in [0, 0.1) is 0 Å². The average molecular weight is 360 g/mol. The Bertz CT molecular complexity index is 670. The van der Waals surface area contributed by atoms with Crippen LogP contribution in [-0.2, 0) is 0 Å². The Morgan fingerprint density at radius 3 is 2.43 bits per heavy atom. The van der Waals surface area contributed by atoms with E-state index in [9.17, 15) is 18.0 Å². The highest BCUT2D eigenvalue weighted by molar-refractivity contribution is 9.10. The first-order valence-corrected chi connectivity index (χ1v) is 7.07. The molecule has 21 heavy (non-hydrogen) atoms. The van der Waals surface area contributed by atoms with Crippen LogP contribution in [0.5, 0.6) is 0 Å². The van der Waals surface area contributed by atoms with Crippen LogP contribution in [0.4, 0.5) is 13.2 Å². The highest BCUT2D eigenvalue weighted by Crippen LogP contribution is 2.23. The molecule has 0 aliphatic heterocycles. The third-order valence-electron chi connectivity index (χ3n) is 3.13. The third-order valence-corrected chi connectivity index (χ3v) is 3.62. The number of halogens is 4. The van der Waals surface area contributed by atoms with E-state index in [2.05, 4.69) is 15.9 Å². The summed E-state index contributed by atoms with van der Waals surface area (Å²) in [6.45, 7) is -0.347. The average Bonchev–Trinajstić information content (AvgIpc) is 2.42. The largest absolute Gasteiger partial charge is 0.390 e. The molecule has 0 heterocycles. The highest BCUT2D eigenvalue weighted by Gasteiger charge is 2.28. The molecule has 2 rings (SSSR count). The number of hydrogen-bond donors (Lipinski definition) is 0. The Balaban J connectivity index is 2.17. The molecule has 2 aromatic rings. The summed E-state index contributed by atoms with van der Waals surface area (Å²) in [6, 6.07) is 10.7. The van der Waals surface area contributed by atoms with Gasteiger partial charge in [-0.2, -0.15) is 13.2 Å². The SMILES string of the molecule is CN(CCC(F)(F)F)C(=O)c1ccc2cc(Br)ccc2c1. The molecule has 0 bridgehead atoms. The van der Waals surface area contributed by atoms with E-state index < -0.39 is 18.5 Å². The molecule has 0 aliphatic rings. The van der Waals surface area contributed by atoms with Crippen molar-refractivity contribution >= 4 is 32.6 Å². The number of nitrogens with zero attached hydrogens (tertiary/aromatic N) is 1. The van der Waals surface area contributed by atoms with Crippen molar-refractivity contribution < 1.29 is 18.0 Å². The van der Waals surface area contributed by atoms with E-state index in [0.29, 0.717) is 5.56 Å². The number of benzene rings is 2. The van der Waals surface area contributed by atoms with Crippen molar-refractivity contribution in [1.82, 2.24) is 4.90 Å². The van der Waals surface area contributed by atoms with Gasteiger partial charge in [0.25, 0.3) is 5.91 Å². The van der Waals surface area contributed by atoms with Crippen LogP contribution < -0.4 is 0 Å². The van der Waals surface area contributed by atoms with Gasteiger partial charge >= 0.3 is 6.18 Å². The molecule has 0 saturated carbocycles. The van der Waals surface area contributed by atoms with Crippen LogP contribution in [0.1, 0.15) is 16.8 Å². The molecule has 0 fully saturated rings. The first-order chi connectivity index (χ1) is 9.76. The number of rotatable bonds is 3. The number of alkyl halides is 3. The minimum absolute atomic E-state index is 0.347. The van der Waals surface area contributed by atoms with Crippen molar-refractivity contribution in [3.05, 3.63) is 46.4 Å². The van der Waals surface area contributed by atoms with Crippen LogP contribution in [-0.4, -0.2) is 30.6 Å². The van der Waals surface area contributed by atoms with E-state index >= 15 is 0 Å². The summed E-state index contributed by atoms with van der Waals surface area (Å²) in [4.78, 5) is 13.2. The maximum absolute atomic E-state index is 12.2. The minimum atomic E-state index is -4.26. The quantitative estimate of drug-likeness (QED) is 0.782. The lowest BCUT2D eigenvalue weighted by Crippen LogP contribution is -2.30. The summed E-state index contributed by atoms with van der Waals surface area (Å²) in [6.07, 6.45) is -5.26. The van der Waals surface area contributed by atoms with Gasteiger partial charge in [-0.25, -0.2) is 0 Å².